The van der Waals surface area contributed by atoms with E-state index in [9.17, 15) is 13.2 Å². The molecule has 0 saturated heterocycles. The molecule has 0 amide bonds. The van der Waals surface area contributed by atoms with E-state index in [0.717, 1.165) is 12.0 Å². The Balaban J connectivity index is 2.25. The minimum atomic E-state index is -4.28. The Labute approximate surface area is 104 Å². The lowest BCUT2D eigenvalue weighted by molar-refractivity contribution is -0.149. The highest BCUT2D eigenvalue weighted by molar-refractivity contribution is 6.30. The average Bonchev–Trinajstić information content (AvgIpc) is 2.23. The number of nitrogens with two attached hydrogens (primary N) is 1. The van der Waals surface area contributed by atoms with Crippen molar-refractivity contribution in [2.75, 3.05) is 0 Å². The second-order valence-electron chi connectivity index (χ2n) is 4.02. The molecule has 1 rings (SSSR count). The molecule has 5 heteroatoms. The molecule has 2 N–H and O–H groups in total. The molecule has 0 spiro atoms. The summed E-state index contributed by atoms with van der Waals surface area (Å²) in [6.07, 6.45) is -2.43. The van der Waals surface area contributed by atoms with Crippen LogP contribution in [0.15, 0.2) is 24.3 Å². The molecule has 0 saturated carbocycles. The van der Waals surface area contributed by atoms with Crippen molar-refractivity contribution in [1.29, 1.82) is 0 Å². The van der Waals surface area contributed by atoms with Crippen molar-refractivity contribution in [2.24, 2.45) is 5.73 Å². The molecule has 0 aliphatic heterocycles. The fourth-order valence-electron chi connectivity index (χ4n) is 1.55. The smallest absolute Gasteiger partial charge is 0.320 e. The van der Waals surface area contributed by atoms with Crippen molar-refractivity contribution in [2.45, 2.75) is 37.9 Å². The minimum absolute atomic E-state index is 0.0237. The van der Waals surface area contributed by atoms with E-state index in [1.165, 1.54) is 0 Å². The molecule has 0 aliphatic carbocycles. The zero-order valence-corrected chi connectivity index (χ0v) is 10.1. The van der Waals surface area contributed by atoms with Crippen LogP contribution in [0.2, 0.25) is 5.02 Å². The van der Waals surface area contributed by atoms with E-state index < -0.39 is 12.2 Å². The summed E-state index contributed by atoms with van der Waals surface area (Å²) in [7, 11) is 0. The first kappa shape index (κ1) is 14.3. The number of hydrogen-bond acceptors (Lipinski definition) is 1. The van der Waals surface area contributed by atoms with E-state index >= 15 is 0 Å². The molecule has 96 valence electrons. The molecule has 17 heavy (non-hydrogen) atoms. The first-order chi connectivity index (χ1) is 7.89. The number of rotatable bonds is 5. The summed E-state index contributed by atoms with van der Waals surface area (Å²) in [6.45, 7) is 0. The topological polar surface area (TPSA) is 26.0 Å². The van der Waals surface area contributed by atoms with Gasteiger partial charge < -0.3 is 5.73 Å². The molecule has 1 atom stereocenters. The van der Waals surface area contributed by atoms with Crippen molar-refractivity contribution < 1.29 is 13.2 Å². The molecule has 0 bridgehead atoms. The van der Waals surface area contributed by atoms with E-state index in [2.05, 4.69) is 0 Å². The van der Waals surface area contributed by atoms with Crippen molar-refractivity contribution in [3.05, 3.63) is 34.9 Å². The van der Waals surface area contributed by atoms with Crippen LogP contribution in [-0.2, 0) is 6.42 Å². The van der Waals surface area contributed by atoms with Crippen LogP contribution in [0.4, 0.5) is 13.2 Å². The summed E-state index contributed by atoms with van der Waals surface area (Å²) in [6, 6.07) is 5.63. The van der Waals surface area contributed by atoms with Gasteiger partial charge >= 0.3 is 6.18 Å². The lowest BCUT2D eigenvalue weighted by Crippen LogP contribution is -2.37. The molecular weight excluding hydrogens is 251 g/mol. The van der Waals surface area contributed by atoms with Gasteiger partial charge in [-0.3, -0.25) is 0 Å². The Morgan fingerprint density at radius 2 is 1.94 bits per heavy atom. The third-order valence-corrected chi connectivity index (χ3v) is 2.78. The van der Waals surface area contributed by atoms with Crippen LogP contribution in [0, 0.1) is 0 Å². The Bertz CT molecular complexity index is 352. The van der Waals surface area contributed by atoms with E-state index in [-0.39, 0.29) is 6.42 Å². The van der Waals surface area contributed by atoms with Crippen molar-refractivity contribution in [3.63, 3.8) is 0 Å². The number of aryl methyl sites for hydroxylation is 1. The van der Waals surface area contributed by atoms with Gasteiger partial charge in [0.25, 0.3) is 0 Å². The first-order valence-electron chi connectivity index (χ1n) is 5.46. The minimum Gasteiger partial charge on any atom is -0.320 e. The van der Waals surface area contributed by atoms with Crippen LogP contribution >= 0.6 is 11.6 Å². The SMILES string of the molecule is N[C@@H](CCCCc1cccc(Cl)c1)C(F)(F)F. The van der Waals surface area contributed by atoms with Gasteiger partial charge in [-0.15, -0.1) is 0 Å². The number of unbranched alkanes of at least 4 members (excludes halogenated alkanes) is 1. The summed E-state index contributed by atoms with van der Waals surface area (Å²) in [4.78, 5) is 0. The Kier molecular flexibility index (Phi) is 5.28. The van der Waals surface area contributed by atoms with Gasteiger partial charge in [-0.1, -0.05) is 30.2 Å². The monoisotopic (exact) mass is 265 g/mol. The van der Waals surface area contributed by atoms with Crippen LogP contribution in [0.3, 0.4) is 0 Å². The van der Waals surface area contributed by atoms with Gasteiger partial charge in [0.05, 0.1) is 0 Å². The van der Waals surface area contributed by atoms with Gasteiger partial charge in [-0.05, 0) is 37.0 Å². The van der Waals surface area contributed by atoms with Gasteiger partial charge in [-0.25, -0.2) is 0 Å². The maximum Gasteiger partial charge on any atom is 0.403 e. The summed E-state index contributed by atoms with van der Waals surface area (Å²) >= 11 is 5.80. The fourth-order valence-corrected chi connectivity index (χ4v) is 1.76. The highest BCUT2D eigenvalue weighted by Crippen LogP contribution is 2.22. The number of hydrogen-bond donors (Lipinski definition) is 1. The predicted molar refractivity (Wildman–Crippen MR) is 63.0 cm³/mol. The summed E-state index contributed by atoms with van der Waals surface area (Å²) in [5, 5.41) is 0.648. The maximum atomic E-state index is 12.1. The second-order valence-corrected chi connectivity index (χ2v) is 4.46. The first-order valence-corrected chi connectivity index (χ1v) is 5.84. The quantitative estimate of drug-likeness (QED) is 0.802. The van der Waals surface area contributed by atoms with Gasteiger partial charge in [0.2, 0.25) is 0 Å². The maximum absolute atomic E-state index is 12.1. The van der Waals surface area contributed by atoms with Crippen LogP contribution in [0.25, 0.3) is 0 Å². The van der Waals surface area contributed by atoms with E-state index in [1.807, 2.05) is 18.2 Å². The zero-order chi connectivity index (χ0) is 12.9. The molecule has 0 radical (unpaired) electrons. The van der Waals surface area contributed by atoms with E-state index in [1.54, 1.807) is 6.07 Å². The Hall–Kier alpha value is -0.740. The Morgan fingerprint density at radius 3 is 2.53 bits per heavy atom. The summed E-state index contributed by atoms with van der Waals surface area (Å²) in [5.74, 6) is 0. The molecule has 0 unspecified atom stereocenters. The average molecular weight is 266 g/mol. The molecule has 0 heterocycles. The van der Waals surface area contributed by atoms with Gasteiger partial charge in [0.15, 0.2) is 0 Å². The van der Waals surface area contributed by atoms with E-state index in [4.69, 9.17) is 17.3 Å². The molecule has 1 aromatic carbocycles. The number of halogens is 4. The van der Waals surface area contributed by atoms with E-state index in [0.29, 0.717) is 17.9 Å². The van der Waals surface area contributed by atoms with Gasteiger partial charge in [0.1, 0.15) is 6.04 Å². The lowest BCUT2D eigenvalue weighted by atomic mass is 10.0. The largest absolute Gasteiger partial charge is 0.403 e. The second kappa shape index (κ2) is 6.26. The Morgan fingerprint density at radius 1 is 1.24 bits per heavy atom. The fraction of sp³-hybridized carbons (Fsp3) is 0.500. The lowest BCUT2D eigenvalue weighted by Gasteiger charge is -2.14. The highest BCUT2D eigenvalue weighted by atomic mass is 35.5. The molecule has 0 fully saturated rings. The van der Waals surface area contributed by atoms with Crippen molar-refractivity contribution >= 4 is 11.6 Å². The van der Waals surface area contributed by atoms with Crippen molar-refractivity contribution in [3.8, 4) is 0 Å². The molecule has 0 aliphatic rings. The number of benzene rings is 1. The van der Waals surface area contributed by atoms with Crippen LogP contribution in [0.1, 0.15) is 24.8 Å². The molecule has 1 aromatic rings. The summed E-state index contributed by atoms with van der Waals surface area (Å²) in [5.41, 5.74) is 6.05. The molecule has 0 aromatic heterocycles. The van der Waals surface area contributed by atoms with Crippen LogP contribution < -0.4 is 5.73 Å². The van der Waals surface area contributed by atoms with Crippen LogP contribution in [-0.4, -0.2) is 12.2 Å². The number of alkyl halides is 3. The van der Waals surface area contributed by atoms with Crippen LogP contribution in [0.5, 0.6) is 0 Å². The third-order valence-electron chi connectivity index (χ3n) is 2.54. The summed E-state index contributed by atoms with van der Waals surface area (Å²) < 4.78 is 36.3. The third kappa shape index (κ3) is 5.41. The van der Waals surface area contributed by atoms with Crippen molar-refractivity contribution in [1.82, 2.24) is 0 Å². The van der Waals surface area contributed by atoms with Gasteiger partial charge in [-0.2, -0.15) is 13.2 Å². The molecular formula is C12H15ClF3N. The molecule has 1 nitrogen and oxygen atoms in total. The zero-order valence-electron chi connectivity index (χ0n) is 9.30. The normalized spacial score (nSPS) is 13.7. The standard InChI is InChI=1S/C12H15ClF3N/c13-10-6-3-5-9(8-10)4-1-2-7-11(17)12(14,15)16/h3,5-6,8,11H,1-2,4,7,17H2/t11-/m0/s1. The highest BCUT2D eigenvalue weighted by Gasteiger charge is 2.35. The predicted octanol–water partition coefficient (Wildman–Crippen LogP) is 3.94. The van der Waals surface area contributed by atoms with Gasteiger partial charge in [0, 0.05) is 5.02 Å².